The first-order valence-electron chi connectivity index (χ1n) is 5.09. The predicted molar refractivity (Wildman–Crippen MR) is 68.2 cm³/mol. The van der Waals surface area contributed by atoms with Crippen molar-refractivity contribution in [2.45, 2.75) is 6.92 Å². The van der Waals surface area contributed by atoms with Crippen molar-refractivity contribution in [3.63, 3.8) is 0 Å². The molecule has 0 spiro atoms. The summed E-state index contributed by atoms with van der Waals surface area (Å²) < 4.78 is 0. The van der Waals surface area contributed by atoms with E-state index in [9.17, 15) is 4.79 Å². The molecule has 1 rings (SSSR count). The largest absolute Gasteiger partial charge is 0.322 e. The van der Waals surface area contributed by atoms with Crippen molar-refractivity contribution in [1.82, 2.24) is 0 Å². The molecule has 1 aromatic carbocycles. The van der Waals surface area contributed by atoms with Gasteiger partial charge in [-0.1, -0.05) is 43.0 Å². The van der Waals surface area contributed by atoms with Crippen molar-refractivity contribution in [3.05, 3.63) is 66.8 Å². The number of anilines is 1. The van der Waals surface area contributed by atoms with Crippen molar-refractivity contribution in [2.24, 2.45) is 0 Å². The van der Waals surface area contributed by atoms with Crippen molar-refractivity contribution in [3.8, 4) is 0 Å². The van der Waals surface area contributed by atoms with Gasteiger partial charge in [0.25, 0.3) is 5.91 Å². The molecule has 0 aliphatic rings. The van der Waals surface area contributed by atoms with E-state index < -0.39 is 0 Å². The minimum atomic E-state index is -0.119. The second kappa shape index (κ2) is 6.40. The van der Waals surface area contributed by atoms with Gasteiger partial charge in [-0.3, -0.25) is 4.79 Å². The number of nitrogens with one attached hydrogen (secondary N) is 1. The lowest BCUT2D eigenvalue weighted by atomic mass is 10.2. The molecule has 1 N–H and O–H groups in total. The third-order valence-electron chi connectivity index (χ3n) is 2.02. The van der Waals surface area contributed by atoms with Gasteiger partial charge in [0.05, 0.1) is 0 Å². The molecule has 0 fully saturated rings. The first-order chi connectivity index (χ1) is 7.77. The maximum Gasteiger partial charge on any atom is 0.255 e. The lowest BCUT2D eigenvalue weighted by Gasteiger charge is -2.04. The van der Waals surface area contributed by atoms with Gasteiger partial charge in [-0.25, -0.2) is 0 Å². The standard InChI is InChI=1S/C14H15NO/c1-3-5-9-12(4-2)14(16)15-13-10-7-6-8-11-13/h3-11H,1H2,2H3,(H,15,16)/b9-5-,12-4+. The highest BCUT2D eigenvalue weighted by molar-refractivity contribution is 6.05. The molecule has 0 radical (unpaired) electrons. The van der Waals surface area contributed by atoms with Crippen LogP contribution >= 0.6 is 0 Å². The minimum absolute atomic E-state index is 0.119. The summed E-state index contributed by atoms with van der Waals surface area (Å²) in [7, 11) is 0. The molecule has 0 bridgehead atoms. The Morgan fingerprint density at radius 1 is 1.31 bits per heavy atom. The Bertz CT molecular complexity index is 416. The van der Waals surface area contributed by atoms with Crippen LogP contribution < -0.4 is 5.32 Å². The molecule has 0 aromatic heterocycles. The number of benzene rings is 1. The Hall–Kier alpha value is -2.09. The first kappa shape index (κ1) is 12.0. The zero-order chi connectivity index (χ0) is 11.8. The van der Waals surface area contributed by atoms with E-state index in [0.717, 1.165) is 5.69 Å². The van der Waals surface area contributed by atoms with E-state index >= 15 is 0 Å². The van der Waals surface area contributed by atoms with Gasteiger partial charge >= 0.3 is 0 Å². The van der Waals surface area contributed by atoms with Gasteiger partial charge in [-0.05, 0) is 25.1 Å². The lowest BCUT2D eigenvalue weighted by Crippen LogP contribution is -2.12. The molecule has 0 saturated heterocycles. The van der Waals surface area contributed by atoms with Gasteiger partial charge in [0.1, 0.15) is 0 Å². The van der Waals surface area contributed by atoms with Gasteiger partial charge in [0.15, 0.2) is 0 Å². The third-order valence-corrected chi connectivity index (χ3v) is 2.02. The van der Waals surface area contributed by atoms with Gasteiger partial charge in [0, 0.05) is 11.3 Å². The van der Waals surface area contributed by atoms with Crippen LogP contribution in [0.15, 0.2) is 66.8 Å². The monoisotopic (exact) mass is 213 g/mol. The third kappa shape index (κ3) is 3.58. The van der Waals surface area contributed by atoms with E-state index in [1.807, 2.05) is 37.3 Å². The molecule has 0 unspecified atom stereocenters. The SMILES string of the molecule is C=C/C=C\C(=C/C)C(=O)Nc1ccccc1. The van der Waals surface area contributed by atoms with Crippen LogP contribution in [0.1, 0.15) is 6.92 Å². The highest BCUT2D eigenvalue weighted by atomic mass is 16.1. The van der Waals surface area contributed by atoms with E-state index in [-0.39, 0.29) is 5.91 Å². The Morgan fingerprint density at radius 2 is 2.00 bits per heavy atom. The van der Waals surface area contributed by atoms with E-state index in [1.54, 1.807) is 24.3 Å². The van der Waals surface area contributed by atoms with Crippen molar-refractivity contribution in [1.29, 1.82) is 0 Å². The fourth-order valence-corrected chi connectivity index (χ4v) is 1.20. The highest BCUT2D eigenvalue weighted by Crippen LogP contribution is 2.08. The van der Waals surface area contributed by atoms with Crippen LogP contribution in [0.3, 0.4) is 0 Å². The molecule has 82 valence electrons. The van der Waals surface area contributed by atoms with Crippen LogP contribution in [0.25, 0.3) is 0 Å². The zero-order valence-corrected chi connectivity index (χ0v) is 9.31. The van der Waals surface area contributed by atoms with E-state index in [2.05, 4.69) is 11.9 Å². The van der Waals surface area contributed by atoms with Crippen LogP contribution in [-0.2, 0) is 4.79 Å². The molecule has 0 atom stereocenters. The average molecular weight is 213 g/mol. The smallest absolute Gasteiger partial charge is 0.255 e. The molecule has 1 amide bonds. The molecule has 2 heteroatoms. The van der Waals surface area contributed by atoms with Gasteiger partial charge < -0.3 is 5.32 Å². The Balaban J connectivity index is 2.71. The Labute approximate surface area is 96.0 Å². The molecular weight excluding hydrogens is 198 g/mol. The topological polar surface area (TPSA) is 29.1 Å². The second-order valence-corrected chi connectivity index (χ2v) is 3.16. The predicted octanol–water partition coefficient (Wildman–Crippen LogP) is 3.31. The average Bonchev–Trinajstić information content (AvgIpc) is 2.31. The quantitative estimate of drug-likeness (QED) is 0.603. The summed E-state index contributed by atoms with van der Waals surface area (Å²) in [5.74, 6) is -0.119. The van der Waals surface area contributed by atoms with Crippen LogP contribution in [-0.4, -0.2) is 5.91 Å². The molecule has 16 heavy (non-hydrogen) atoms. The number of allylic oxidation sites excluding steroid dienone is 3. The van der Waals surface area contributed by atoms with Crippen molar-refractivity contribution >= 4 is 11.6 Å². The zero-order valence-electron chi connectivity index (χ0n) is 9.31. The summed E-state index contributed by atoms with van der Waals surface area (Å²) in [6.07, 6.45) is 6.86. The number of rotatable bonds is 4. The lowest BCUT2D eigenvalue weighted by molar-refractivity contribution is -0.112. The maximum absolute atomic E-state index is 11.8. The van der Waals surface area contributed by atoms with Crippen LogP contribution in [0, 0.1) is 0 Å². The van der Waals surface area contributed by atoms with Crippen molar-refractivity contribution < 1.29 is 4.79 Å². The summed E-state index contributed by atoms with van der Waals surface area (Å²) >= 11 is 0. The fraction of sp³-hybridized carbons (Fsp3) is 0.0714. The normalized spacial score (nSPS) is 11.4. The summed E-state index contributed by atoms with van der Waals surface area (Å²) in [5.41, 5.74) is 1.41. The summed E-state index contributed by atoms with van der Waals surface area (Å²) in [5, 5.41) is 2.81. The molecular formula is C14H15NO. The number of carbonyl (C=O) groups is 1. The maximum atomic E-state index is 11.8. The number of hydrogen-bond donors (Lipinski definition) is 1. The molecule has 0 aliphatic carbocycles. The number of para-hydroxylation sites is 1. The Kier molecular flexibility index (Phi) is 4.80. The first-order valence-corrected chi connectivity index (χ1v) is 5.09. The molecule has 0 saturated carbocycles. The summed E-state index contributed by atoms with van der Waals surface area (Å²) in [6.45, 7) is 5.39. The summed E-state index contributed by atoms with van der Waals surface area (Å²) in [6, 6.07) is 9.36. The minimum Gasteiger partial charge on any atom is -0.322 e. The van der Waals surface area contributed by atoms with Crippen LogP contribution in [0.5, 0.6) is 0 Å². The highest BCUT2D eigenvalue weighted by Gasteiger charge is 2.04. The van der Waals surface area contributed by atoms with Crippen LogP contribution in [0.2, 0.25) is 0 Å². The molecule has 0 aliphatic heterocycles. The van der Waals surface area contributed by atoms with Crippen LogP contribution in [0.4, 0.5) is 5.69 Å². The molecule has 0 heterocycles. The fourth-order valence-electron chi connectivity index (χ4n) is 1.20. The number of amides is 1. The van der Waals surface area contributed by atoms with Crippen molar-refractivity contribution in [2.75, 3.05) is 5.32 Å². The van der Waals surface area contributed by atoms with Gasteiger partial charge in [0.2, 0.25) is 0 Å². The number of carbonyl (C=O) groups excluding carboxylic acids is 1. The van der Waals surface area contributed by atoms with Gasteiger partial charge in [-0.15, -0.1) is 0 Å². The van der Waals surface area contributed by atoms with E-state index in [1.165, 1.54) is 0 Å². The summed E-state index contributed by atoms with van der Waals surface area (Å²) in [4.78, 5) is 11.8. The molecule has 2 nitrogen and oxygen atoms in total. The van der Waals surface area contributed by atoms with E-state index in [4.69, 9.17) is 0 Å². The Morgan fingerprint density at radius 3 is 2.56 bits per heavy atom. The second-order valence-electron chi connectivity index (χ2n) is 3.16. The molecule has 1 aromatic rings. The van der Waals surface area contributed by atoms with E-state index in [0.29, 0.717) is 5.57 Å². The number of hydrogen-bond acceptors (Lipinski definition) is 1. The van der Waals surface area contributed by atoms with Gasteiger partial charge in [-0.2, -0.15) is 0 Å².